The fourth-order valence-corrected chi connectivity index (χ4v) is 3.54. The van der Waals surface area contributed by atoms with Crippen molar-refractivity contribution in [1.29, 1.82) is 0 Å². The molecule has 2 atom stereocenters. The number of pyridine rings is 1. The van der Waals surface area contributed by atoms with Crippen LogP contribution >= 0.6 is 0 Å². The van der Waals surface area contributed by atoms with E-state index in [1.54, 1.807) is 36.1 Å². The summed E-state index contributed by atoms with van der Waals surface area (Å²) < 4.78 is 3.16. The van der Waals surface area contributed by atoms with Gasteiger partial charge in [-0.1, -0.05) is 6.07 Å². The molecule has 0 aromatic carbocycles. The van der Waals surface area contributed by atoms with Gasteiger partial charge < -0.3 is 20.8 Å². The Morgan fingerprint density at radius 1 is 1.06 bits per heavy atom. The quantitative estimate of drug-likeness (QED) is 0.400. The van der Waals surface area contributed by atoms with Gasteiger partial charge >= 0.3 is 0 Å². The summed E-state index contributed by atoms with van der Waals surface area (Å²) in [6.07, 6.45) is 4.32. The van der Waals surface area contributed by atoms with Gasteiger partial charge in [0.2, 0.25) is 0 Å². The molecule has 0 aliphatic carbocycles. The van der Waals surface area contributed by atoms with E-state index in [0.717, 1.165) is 5.56 Å². The number of hydrogen-bond donors (Lipinski definition) is 4. The number of nitrogens with zero attached hydrogens (tertiary/aromatic N) is 5. The Balaban J connectivity index is 1.64. The van der Waals surface area contributed by atoms with Crippen molar-refractivity contribution in [3.05, 3.63) is 48.2 Å². The maximum atomic E-state index is 12.8. The molecule has 11 nitrogen and oxygen atoms in total. The maximum absolute atomic E-state index is 12.8. The van der Waals surface area contributed by atoms with Crippen LogP contribution in [0.2, 0.25) is 0 Å². The van der Waals surface area contributed by atoms with E-state index in [1.807, 2.05) is 6.20 Å². The van der Waals surface area contributed by atoms with Crippen molar-refractivity contribution in [3.63, 3.8) is 0 Å². The van der Waals surface area contributed by atoms with Gasteiger partial charge in [0.1, 0.15) is 5.69 Å². The Bertz CT molecular complexity index is 1120. The van der Waals surface area contributed by atoms with E-state index < -0.39 is 24.0 Å². The maximum Gasteiger partial charge on any atom is 0.274 e. The van der Waals surface area contributed by atoms with Crippen LogP contribution in [0.5, 0.6) is 0 Å². The number of aromatic nitrogens is 5. The standard InChI is InChI=1S/C21H25N7O4/c1-27-12-16-19(26-27)21(32)22-8-7-18(30)17(29)6-3-9-28-11-13(10-23-28)14-4-2-5-15(24-14)20(31)25-16/h2,4-5,10-12,17-18,29-30H,3,6-9H2,1H3,(H,22,32)(H,25,31). The van der Waals surface area contributed by atoms with Gasteiger partial charge in [-0.25, -0.2) is 4.98 Å². The van der Waals surface area contributed by atoms with E-state index in [0.29, 0.717) is 25.1 Å². The van der Waals surface area contributed by atoms with Crippen LogP contribution in [0.1, 0.15) is 40.2 Å². The minimum atomic E-state index is -0.973. The van der Waals surface area contributed by atoms with Crippen LogP contribution in [0.15, 0.2) is 36.8 Å². The molecule has 11 heteroatoms. The van der Waals surface area contributed by atoms with Crippen molar-refractivity contribution in [2.45, 2.75) is 38.0 Å². The minimum absolute atomic E-state index is 0.0474. The van der Waals surface area contributed by atoms with Crippen molar-refractivity contribution < 1.29 is 19.8 Å². The molecule has 4 bridgehead atoms. The Kier molecular flexibility index (Phi) is 6.28. The summed E-state index contributed by atoms with van der Waals surface area (Å²) in [5.41, 5.74) is 1.82. The second-order valence-electron chi connectivity index (χ2n) is 7.74. The van der Waals surface area contributed by atoms with Crippen LogP contribution < -0.4 is 10.6 Å². The van der Waals surface area contributed by atoms with Gasteiger partial charge in [0, 0.05) is 38.1 Å². The van der Waals surface area contributed by atoms with Crippen LogP contribution in [-0.4, -0.2) is 65.3 Å². The second kappa shape index (κ2) is 9.28. The van der Waals surface area contributed by atoms with Crippen LogP contribution in [0.3, 0.4) is 0 Å². The number of aryl methyl sites for hydroxylation is 2. The summed E-state index contributed by atoms with van der Waals surface area (Å²) >= 11 is 0. The van der Waals surface area contributed by atoms with Gasteiger partial charge in [-0.05, 0) is 31.4 Å². The summed E-state index contributed by atoms with van der Waals surface area (Å²) in [7, 11) is 1.64. The molecule has 0 spiro atoms. The summed E-state index contributed by atoms with van der Waals surface area (Å²) in [5.74, 6) is -0.966. The number of nitrogens with one attached hydrogen (secondary N) is 2. The third-order valence-electron chi connectivity index (χ3n) is 5.26. The van der Waals surface area contributed by atoms with Crippen LogP contribution in [0.4, 0.5) is 5.69 Å². The molecular formula is C21H25N7O4. The highest BCUT2D eigenvalue weighted by atomic mass is 16.3. The summed E-state index contributed by atoms with van der Waals surface area (Å²) in [6, 6.07) is 5.10. The molecule has 4 rings (SSSR count). The van der Waals surface area contributed by atoms with Gasteiger partial charge in [-0.3, -0.25) is 19.0 Å². The van der Waals surface area contributed by atoms with E-state index >= 15 is 0 Å². The monoisotopic (exact) mass is 439 g/mol. The van der Waals surface area contributed by atoms with Crippen molar-refractivity contribution in [2.75, 3.05) is 11.9 Å². The van der Waals surface area contributed by atoms with Crippen LogP contribution in [-0.2, 0) is 13.6 Å². The van der Waals surface area contributed by atoms with Crippen molar-refractivity contribution >= 4 is 17.5 Å². The zero-order valence-corrected chi connectivity index (χ0v) is 17.6. The van der Waals surface area contributed by atoms with Gasteiger partial charge in [0.25, 0.3) is 11.8 Å². The first kappa shape index (κ1) is 21.7. The molecule has 3 aromatic rings. The Morgan fingerprint density at radius 3 is 2.69 bits per heavy atom. The van der Waals surface area contributed by atoms with E-state index in [2.05, 4.69) is 25.8 Å². The summed E-state index contributed by atoms with van der Waals surface area (Å²) in [5, 5.41) is 34.2. The molecule has 32 heavy (non-hydrogen) atoms. The molecule has 0 fully saturated rings. The predicted molar refractivity (Wildman–Crippen MR) is 115 cm³/mol. The number of carbonyl (C=O) groups excluding carboxylic acids is 2. The fraction of sp³-hybridized carbons (Fsp3) is 0.381. The van der Waals surface area contributed by atoms with Gasteiger partial charge in [-0.15, -0.1) is 0 Å². The molecule has 2 unspecified atom stereocenters. The minimum Gasteiger partial charge on any atom is -0.390 e. The second-order valence-corrected chi connectivity index (χ2v) is 7.74. The first-order chi connectivity index (χ1) is 15.4. The largest absolute Gasteiger partial charge is 0.390 e. The average molecular weight is 439 g/mol. The number of amides is 2. The molecule has 0 saturated carbocycles. The number of hydrogen-bond acceptors (Lipinski definition) is 7. The smallest absolute Gasteiger partial charge is 0.274 e. The van der Waals surface area contributed by atoms with Crippen LogP contribution in [0.25, 0.3) is 11.3 Å². The molecule has 168 valence electrons. The van der Waals surface area contributed by atoms with Crippen molar-refractivity contribution in [3.8, 4) is 11.3 Å². The number of fused-ring (bicyclic) bond motifs is 6. The molecular weight excluding hydrogens is 414 g/mol. The first-order valence-electron chi connectivity index (χ1n) is 10.4. The molecule has 0 radical (unpaired) electrons. The normalized spacial score (nSPS) is 20.3. The molecule has 1 aliphatic heterocycles. The number of aliphatic hydroxyl groups is 2. The molecule has 0 saturated heterocycles. The van der Waals surface area contributed by atoms with Gasteiger partial charge in [-0.2, -0.15) is 10.2 Å². The van der Waals surface area contributed by atoms with Crippen LogP contribution in [0, 0.1) is 0 Å². The number of anilines is 1. The van der Waals surface area contributed by atoms with Gasteiger partial charge in [0.05, 0.1) is 29.8 Å². The van der Waals surface area contributed by atoms with E-state index in [9.17, 15) is 19.8 Å². The Labute approximate surface area is 184 Å². The summed E-state index contributed by atoms with van der Waals surface area (Å²) in [6.45, 7) is 0.704. The van der Waals surface area contributed by atoms with Gasteiger partial charge in [0.15, 0.2) is 5.69 Å². The highest BCUT2D eigenvalue weighted by molar-refractivity contribution is 6.07. The number of carbonyl (C=O) groups is 2. The zero-order chi connectivity index (χ0) is 22.7. The number of aliphatic hydroxyl groups excluding tert-OH is 2. The number of rotatable bonds is 0. The molecule has 1 aliphatic rings. The summed E-state index contributed by atoms with van der Waals surface area (Å²) in [4.78, 5) is 29.8. The lowest BCUT2D eigenvalue weighted by Gasteiger charge is -2.18. The molecule has 4 N–H and O–H groups in total. The predicted octanol–water partition coefficient (Wildman–Crippen LogP) is 0.566. The van der Waals surface area contributed by atoms with Crippen molar-refractivity contribution in [2.24, 2.45) is 7.05 Å². The topological polar surface area (TPSA) is 147 Å². The molecule has 2 amide bonds. The lowest BCUT2D eigenvalue weighted by atomic mass is 10.1. The molecule has 3 aromatic heterocycles. The van der Waals surface area contributed by atoms with Crippen molar-refractivity contribution in [1.82, 2.24) is 29.9 Å². The lowest BCUT2D eigenvalue weighted by molar-refractivity contribution is 0.00851. The SMILES string of the molecule is Cn1cc2c(n1)C(=O)NCCC(O)C(O)CCCn1cc(cn1)-c1cccc(n1)C(=O)N2. The Morgan fingerprint density at radius 2 is 1.84 bits per heavy atom. The zero-order valence-electron chi connectivity index (χ0n) is 17.6. The lowest BCUT2D eigenvalue weighted by Crippen LogP contribution is -2.33. The van der Waals surface area contributed by atoms with E-state index in [4.69, 9.17) is 0 Å². The Hall–Kier alpha value is -3.57. The molecule has 4 heterocycles. The van der Waals surface area contributed by atoms with E-state index in [-0.39, 0.29) is 30.0 Å². The third-order valence-corrected chi connectivity index (χ3v) is 5.26. The third kappa shape index (κ3) is 4.84. The highest BCUT2D eigenvalue weighted by Crippen LogP contribution is 2.19. The van der Waals surface area contributed by atoms with E-state index in [1.165, 1.54) is 10.9 Å². The first-order valence-corrected chi connectivity index (χ1v) is 10.4. The average Bonchev–Trinajstić information content (AvgIpc) is 3.39. The fourth-order valence-electron chi connectivity index (χ4n) is 3.54. The highest BCUT2D eigenvalue weighted by Gasteiger charge is 2.21.